The number of nitriles is 1. The Morgan fingerprint density at radius 2 is 2.00 bits per heavy atom. The molecule has 0 heterocycles. The zero-order valence-corrected chi connectivity index (χ0v) is 5.44. The van der Waals surface area contributed by atoms with Gasteiger partial charge < -0.3 is 0 Å². The fraction of sp³-hybridized carbons (Fsp3) is 0. The largest absolute Gasteiger partial charge is 0.293 e. The van der Waals surface area contributed by atoms with Gasteiger partial charge in [-0.3, -0.25) is 5.32 Å². The van der Waals surface area contributed by atoms with Gasteiger partial charge in [0.2, 0.25) is 0 Å². The van der Waals surface area contributed by atoms with Gasteiger partial charge in [0.1, 0.15) is 0 Å². The van der Waals surface area contributed by atoms with Crippen molar-refractivity contribution in [2.24, 2.45) is 0 Å². The van der Waals surface area contributed by atoms with Crippen molar-refractivity contribution in [2.45, 2.75) is 0 Å². The van der Waals surface area contributed by atoms with Crippen LogP contribution < -0.4 is 5.32 Å². The minimum Gasteiger partial charge on any atom is -0.293 e. The molecule has 0 radical (unpaired) electrons. The maximum absolute atomic E-state index is 12.4. The second-order valence-corrected chi connectivity index (χ2v) is 1.87. The zero-order valence-electron chi connectivity index (χ0n) is 5.44. The molecule has 0 fully saturated rings. The molecular formula is C7H4F2N2. The van der Waals surface area contributed by atoms with E-state index >= 15 is 0 Å². The molecule has 1 aromatic rings. The number of nitrogens with one attached hydrogen (secondary N) is 1. The maximum Gasteiger partial charge on any atom is 0.181 e. The summed E-state index contributed by atoms with van der Waals surface area (Å²) >= 11 is 0. The Bertz CT molecular complexity index is 304. The van der Waals surface area contributed by atoms with Crippen molar-refractivity contribution in [2.75, 3.05) is 5.32 Å². The molecule has 0 aromatic heterocycles. The Morgan fingerprint density at radius 1 is 1.27 bits per heavy atom. The van der Waals surface area contributed by atoms with E-state index in [1.807, 2.05) is 0 Å². The topological polar surface area (TPSA) is 35.8 Å². The van der Waals surface area contributed by atoms with Crippen molar-refractivity contribution in [1.29, 1.82) is 5.26 Å². The number of benzene rings is 1. The third-order valence-electron chi connectivity index (χ3n) is 1.12. The quantitative estimate of drug-likeness (QED) is 0.495. The summed E-state index contributed by atoms with van der Waals surface area (Å²) < 4.78 is 24.6. The van der Waals surface area contributed by atoms with Crippen LogP contribution in [0.3, 0.4) is 0 Å². The summed E-state index contributed by atoms with van der Waals surface area (Å²) in [6.07, 6.45) is 1.59. The predicted octanol–water partition coefficient (Wildman–Crippen LogP) is 1.86. The summed E-state index contributed by atoms with van der Waals surface area (Å²) in [6, 6.07) is 3.15. The van der Waals surface area contributed by atoms with Gasteiger partial charge in [0.25, 0.3) is 0 Å². The average Bonchev–Trinajstić information content (AvgIpc) is 1.98. The van der Waals surface area contributed by atoms with E-state index in [1.54, 1.807) is 6.19 Å². The van der Waals surface area contributed by atoms with Gasteiger partial charge in [0.05, 0.1) is 5.69 Å². The summed E-state index contributed by atoms with van der Waals surface area (Å²) in [5.74, 6) is -1.89. The molecule has 0 aliphatic rings. The van der Waals surface area contributed by atoms with Crippen LogP contribution in [0.2, 0.25) is 0 Å². The van der Waals surface area contributed by atoms with Crippen LogP contribution in [-0.2, 0) is 0 Å². The second kappa shape index (κ2) is 2.97. The number of nitrogens with zero attached hydrogens (tertiary/aromatic N) is 1. The lowest BCUT2D eigenvalue weighted by Gasteiger charge is -1.96. The van der Waals surface area contributed by atoms with E-state index in [9.17, 15) is 8.78 Å². The van der Waals surface area contributed by atoms with Gasteiger partial charge in [0, 0.05) is 6.07 Å². The molecule has 0 spiro atoms. The lowest BCUT2D eigenvalue weighted by Crippen LogP contribution is -1.89. The molecule has 0 atom stereocenters. The number of hydrogen-bond donors (Lipinski definition) is 1. The van der Waals surface area contributed by atoms with Crippen LogP contribution in [0.25, 0.3) is 0 Å². The van der Waals surface area contributed by atoms with Crippen molar-refractivity contribution >= 4 is 5.69 Å². The van der Waals surface area contributed by atoms with Crippen molar-refractivity contribution in [3.63, 3.8) is 0 Å². The highest BCUT2D eigenvalue weighted by Gasteiger charge is 2.00. The predicted molar refractivity (Wildman–Crippen MR) is 35.6 cm³/mol. The Morgan fingerprint density at radius 3 is 2.55 bits per heavy atom. The van der Waals surface area contributed by atoms with E-state index in [4.69, 9.17) is 5.26 Å². The highest BCUT2D eigenvalue weighted by Crippen LogP contribution is 2.11. The first-order chi connectivity index (χ1) is 5.24. The van der Waals surface area contributed by atoms with Crippen LogP contribution in [0.1, 0.15) is 0 Å². The van der Waals surface area contributed by atoms with E-state index in [0.717, 1.165) is 12.1 Å². The molecular weight excluding hydrogens is 150 g/mol. The summed E-state index contributed by atoms with van der Waals surface area (Å²) in [5.41, 5.74) is 0.242. The Labute approximate surface area is 62.1 Å². The molecule has 11 heavy (non-hydrogen) atoms. The first kappa shape index (κ1) is 7.48. The van der Waals surface area contributed by atoms with Crippen molar-refractivity contribution in [1.82, 2.24) is 0 Å². The number of anilines is 1. The van der Waals surface area contributed by atoms with Crippen molar-refractivity contribution < 1.29 is 8.78 Å². The van der Waals surface area contributed by atoms with Crippen LogP contribution in [0, 0.1) is 23.1 Å². The molecule has 2 nitrogen and oxygen atoms in total. The molecule has 0 unspecified atom stereocenters. The van der Waals surface area contributed by atoms with E-state index in [1.165, 1.54) is 6.07 Å². The van der Waals surface area contributed by atoms with Gasteiger partial charge in [-0.25, -0.2) is 8.78 Å². The van der Waals surface area contributed by atoms with Crippen LogP contribution in [0.4, 0.5) is 14.5 Å². The average molecular weight is 154 g/mol. The lowest BCUT2D eigenvalue weighted by molar-refractivity contribution is 0.509. The van der Waals surface area contributed by atoms with Gasteiger partial charge in [-0.15, -0.1) is 0 Å². The summed E-state index contributed by atoms with van der Waals surface area (Å²) in [6.45, 7) is 0. The summed E-state index contributed by atoms with van der Waals surface area (Å²) in [5, 5.41) is 10.3. The standard InChI is InChI=1S/C7H4F2N2/c8-6-2-1-5(11-4-10)3-7(6)9/h1-3,11H. The molecule has 4 heteroatoms. The van der Waals surface area contributed by atoms with E-state index in [2.05, 4.69) is 5.32 Å². The van der Waals surface area contributed by atoms with Crippen LogP contribution >= 0.6 is 0 Å². The third-order valence-corrected chi connectivity index (χ3v) is 1.12. The molecule has 56 valence electrons. The molecule has 0 saturated heterocycles. The van der Waals surface area contributed by atoms with E-state index in [0.29, 0.717) is 0 Å². The van der Waals surface area contributed by atoms with Gasteiger partial charge in [-0.1, -0.05) is 0 Å². The molecule has 0 aliphatic heterocycles. The highest BCUT2D eigenvalue weighted by molar-refractivity contribution is 5.46. The first-order valence-electron chi connectivity index (χ1n) is 2.84. The fourth-order valence-corrected chi connectivity index (χ4v) is 0.638. The molecule has 1 aromatic carbocycles. The number of halogens is 2. The van der Waals surface area contributed by atoms with E-state index in [-0.39, 0.29) is 5.69 Å². The second-order valence-electron chi connectivity index (χ2n) is 1.87. The minimum absolute atomic E-state index is 0.242. The molecule has 0 saturated carbocycles. The molecule has 0 aliphatic carbocycles. The van der Waals surface area contributed by atoms with Crippen molar-refractivity contribution in [3.05, 3.63) is 29.8 Å². The Hall–Kier alpha value is -1.63. The first-order valence-corrected chi connectivity index (χ1v) is 2.84. The number of rotatable bonds is 1. The van der Waals surface area contributed by atoms with E-state index < -0.39 is 11.6 Å². The van der Waals surface area contributed by atoms with Gasteiger partial charge in [0.15, 0.2) is 17.8 Å². The molecule has 0 amide bonds. The highest BCUT2D eigenvalue weighted by atomic mass is 19.2. The Balaban J connectivity index is 2.98. The smallest absolute Gasteiger partial charge is 0.181 e. The minimum atomic E-state index is -0.967. The molecule has 0 bridgehead atoms. The Kier molecular flexibility index (Phi) is 2.02. The SMILES string of the molecule is N#CNc1ccc(F)c(F)c1. The molecule has 1 N–H and O–H groups in total. The van der Waals surface area contributed by atoms with Gasteiger partial charge >= 0.3 is 0 Å². The van der Waals surface area contributed by atoms with Crippen LogP contribution in [0.5, 0.6) is 0 Å². The summed E-state index contributed by atoms with van der Waals surface area (Å²) in [4.78, 5) is 0. The lowest BCUT2D eigenvalue weighted by atomic mass is 10.3. The normalized spacial score (nSPS) is 8.82. The van der Waals surface area contributed by atoms with Crippen LogP contribution in [0.15, 0.2) is 18.2 Å². The maximum atomic E-state index is 12.4. The van der Waals surface area contributed by atoms with Crippen LogP contribution in [-0.4, -0.2) is 0 Å². The van der Waals surface area contributed by atoms with Gasteiger partial charge in [-0.05, 0) is 12.1 Å². The summed E-state index contributed by atoms with van der Waals surface area (Å²) in [7, 11) is 0. The molecule has 1 rings (SSSR count). The number of hydrogen-bond acceptors (Lipinski definition) is 2. The van der Waals surface area contributed by atoms with Crippen molar-refractivity contribution in [3.8, 4) is 6.19 Å². The fourth-order valence-electron chi connectivity index (χ4n) is 0.638. The van der Waals surface area contributed by atoms with Gasteiger partial charge in [-0.2, -0.15) is 5.26 Å². The monoisotopic (exact) mass is 154 g/mol. The zero-order chi connectivity index (χ0) is 8.27. The third kappa shape index (κ3) is 1.64.